The summed E-state index contributed by atoms with van der Waals surface area (Å²) in [7, 11) is 0. The number of phenols is 2. The van der Waals surface area contributed by atoms with Crippen molar-refractivity contribution >= 4 is 11.0 Å². The van der Waals surface area contributed by atoms with E-state index in [1.165, 1.54) is 11.1 Å². The Hall–Kier alpha value is -6.82. The van der Waals surface area contributed by atoms with Gasteiger partial charge in [0, 0.05) is 71.6 Å². The number of aryl methyl sites for hydroxylation is 2. The molecular weight excluding hydrogens is 706 g/mol. The molecule has 54 heavy (non-hydrogen) atoms. The maximum Gasteiger partial charge on any atom is 0.194 e. The molecule has 272 valence electrons. The van der Waals surface area contributed by atoms with E-state index in [4.69, 9.17) is 10.2 Å². The molecule has 8 aromatic rings. The normalized spacial score (nSPS) is 10.7. The lowest BCUT2D eigenvalue weighted by Gasteiger charge is -2.12. The van der Waals surface area contributed by atoms with Gasteiger partial charge >= 0.3 is 0 Å². The Labute approximate surface area is 305 Å². The van der Waals surface area contributed by atoms with Gasteiger partial charge < -0.3 is 19.3 Å². The van der Waals surface area contributed by atoms with E-state index in [2.05, 4.69) is 106 Å². The van der Waals surface area contributed by atoms with Gasteiger partial charge in [-0.1, -0.05) is 35.4 Å². The first kappa shape index (κ1) is 37.0. The molecule has 0 bridgehead atoms. The molecular formula is C42H30F6N4O2. The molecule has 4 aromatic heterocycles. The monoisotopic (exact) mass is 736 g/mol. The fourth-order valence-electron chi connectivity index (χ4n) is 5.64. The standard InChI is InChI=1S/C30H24N4.2C6H3F3O/c1-21-7-11-25(12-8-21)33-27(23-5-3-15-31-19-23)17-30-29(33)18-28(24-6-4-16-32-20-24)34(30)26-13-9-22(2)10-14-26;2*7-4-1-3(10)2-5(8)6(4)9/h3-20H,1-2H3;2*1-2,10H. The third-order valence-electron chi connectivity index (χ3n) is 8.21. The number of aromatic hydroxyl groups is 2. The Bertz CT molecular complexity index is 2310. The summed E-state index contributed by atoms with van der Waals surface area (Å²) < 4.78 is 77.0. The van der Waals surface area contributed by atoms with Gasteiger partial charge in [0.05, 0.1) is 22.4 Å². The van der Waals surface area contributed by atoms with E-state index in [0.717, 1.165) is 44.9 Å². The highest BCUT2D eigenvalue weighted by molar-refractivity contribution is 5.93. The van der Waals surface area contributed by atoms with Crippen LogP contribution in [-0.2, 0) is 0 Å². The number of hydrogen-bond acceptors (Lipinski definition) is 4. The van der Waals surface area contributed by atoms with Gasteiger partial charge in [-0.25, -0.2) is 26.3 Å². The Morgan fingerprint density at radius 2 is 0.796 bits per heavy atom. The summed E-state index contributed by atoms with van der Waals surface area (Å²) in [6, 6.07) is 32.1. The third-order valence-corrected chi connectivity index (χ3v) is 8.21. The largest absolute Gasteiger partial charge is 0.508 e. The Balaban J connectivity index is 0.000000203. The van der Waals surface area contributed by atoms with Crippen LogP contribution in [-0.4, -0.2) is 29.3 Å². The van der Waals surface area contributed by atoms with Gasteiger partial charge in [-0.2, -0.15) is 0 Å². The van der Waals surface area contributed by atoms with Gasteiger partial charge in [-0.15, -0.1) is 0 Å². The molecule has 12 heteroatoms. The number of aromatic nitrogens is 4. The smallest absolute Gasteiger partial charge is 0.194 e. The van der Waals surface area contributed by atoms with Crippen molar-refractivity contribution in [1.82, 2.24) is 19.1 Å². The fourth-order valence-corrected chi connectivity index (χ4v) is 5.64. The number of halogens is 6. The fraction of sp³-hybridized carbons (Fsp3) is 0.0476. The first-order valence-corrected chi connectivity index (χ1v) is 16.3. The minimum Gasteiger partial charge on any atom is -0.508 e. The zero-order valence-corrected chi connectivity index (χ0v) is 28.7. The van der Waals surface area contributed by atoms with Gasteiger partial charge in [-0.05, 0) is 74.5 Å². The number of phenolic OH excluding ortho intramolecular Hbond substituents is 2. The second-order valence-corrected chi connectivity index (χ2v) is 12.1. The van der Waals surface area contributed by atoms with Crippen molar-refractivity contribution in [3.8, 4) is 45.4 Å². The molecule has 2 N–H and O–H groups in total. The van der Waals surface area contributed by atoms with E-state index in [1.807, 2.05) is 36.9 Å². The van der Waals surface area contributed by atoms with Crippen molar-refractivity contribution < 1.29 is 36.6 Å². The van der Waals surface area contributed by atoms with Crippen molar-refractivity contribution in [2.45, 2.75) is 13.8 Å². The van der Waals surface area contributed by atoms with E-state index in [0.29, 0.717) is 24.3 Å². The van der Waals surface area contributed by atoms with Crippen LogP contribution in [0.4, 0.5) is 26.3 Å². The van der Waals surface area contributed by atoms with E-state index in [9.17, 15) is 26.3 Å². The minimum atomic E-state index is -1.57. The van der Waals surface area contributed by atoms with Crippen molar-refractivity contribution in [2.75, 3.05) is 0 Å². The molecule has 0 fully saturated rings. The van der Waals surface area contributed by atoms with Crippen LogP contribution in [0.25, 0.3) is 44.9 Å². The van der Waals surface area contributed by atoms with Gasteiger partial charge in [0.2, 0.25) is 0 Å². The second kappa shape index (κ2) is 15.8. The van der Waals surface area contributed by atoms with Crippen LogP contribution in [0.15, 0.2) is 134 Å². The van der Waals surface area contributed by atoms with Crippen LogP contribution in [0.3, 0.4) is 0 Å². The molecule has 0 aliphatic heterocycles. The number of nitrogens with zero attached hydrogens (tertiary/aromatic N) is 4. The van der Waals surface area contributed by atoms with Crippen LogP contribution in [0.5, 0.6) is 11.5 Å². The van der Waals surface area contributed by atoms with Gasteiger partial charge in [0.15, 0.2) is 34.9 Å². The molecule has 0 amide bonds. The van der Waals surface area contributed by atoms with Crippen molar-refractivity contribution in [1.29, 1.82) is 0 Å². The summed E-state index contributed by atoms with van der Waals surface area (Å²) in [6.07, 6.45) is 7.49. The summed E-state index contributed by atoms with van der Waals surface area (Å²) in [5.74, 6) is -9.96. The summed E-state index contributed by atoms with van der Waals surface area (Å²) >= 11 is 0. The number of hydrogen-bond donors (Lipinski definition) is 2. The quantitative estimate of drug-likeness (QED) is 0.139. The molecule has 0 spiro atoms. The molecule has 0 aliphatic rings. The van der Waals surface area contributed by atoms with Crippen molar-refractivity contribution in [2.24, 2.45) is 0 Å². The highest BCUT2D eigenvalue weighted by atomic mass is 19.2. The third kappa shape index (κ3) is 7.97. The summed E-state index contributed by atoms with van der Waals surface area (Å²) in [5, 5.41) is 16.9. The van der Waals surface area contributed by atoms with E-state index >= 15 is 0 Å². The van der Waals surface area contributed by atoms with E-state index in [1.54, 1.807) is 0 Å². The Kier molecular flexibility index (Phi) is 10.8. The number of pyridine rings is 2. The lowest BCUT2D eigenvalue weighted by Crippen LogP contribution is -1.97. The van der Waals surface area contributed by atoms with E-state index < -0.39 is 46.4 Å². The SMILES string of the molecule is Cc1ccc(-n2c(-c3cccnc3)cc3c2cc(-c2cccnc2)n3-c2ccc(C)cc2)cc1.Oc1cc(F)c(F)c(F)c1.Oc1cc(F)c(F)c(F)c1. The average Bonchev–Trinajstić information content (AvgIpc) is 3.72. The summed E-state index contributed by atoms with van der Waals surface area (Å²) in [6.45, 7) is 4.23. The molecule has 0 unspecified atom stereocenters. The first-order chi connectivity index (χ1) is 25.9. The van der Waals surface area contributed by atoms with Crippen LogP contribution >= 0.6 is 0 Å². The Morgan fingerprint density at radius 3 is 1.09 bits per heavy atom. The zero-order chi connectivity index (χ0) is 38.5. The second-order valence-electron chi connectivity index (χ2n) is 12.1. The molecule has 0 aliphatic carbocycles. The van der Waals surface area contributed by atoms with Gasteiger partial charge in [-0.3, -0.25) is 9.97 Å². The molecule has 0 radical (unpaired) electrons. The van der Waals surface area contributed by atoms with Gasteiger partial charge in [0.25, 0.3) is 0 Å². The molecule has 4 aromatic carbocycles. The zero-order valence-electron chi connectivity index (χ0n) is 28.7. The summed E-state index contributed by atoms with van der Waals surface area (Å²) in [4.78, 5) is 8.78. The lowest BCUT2D eigenvalue weighted by molar-refractivity contribution is 0.419. The number of fused-ring (bicyclic) bond motifs is 1. The highest BCUT2D eigenvalue weighted by Crippen LogP contribution is 2.38. The predicted molar refractivity (Wildman–Crippen MR) is 194 cm³/mol. The molecule has 4 heterocycles. The average molecular weight is 737 g/mol. The summed E-state index contributed by atoms with van der Waals surface area (Å²) in [5.41, 5.74) is 11.4. The van der Waals surface area contributed by atoms with Crippen LogP contribution < -0.4 is 0 Å². The minimum absolute atomic E-state index is 0.498. The maximum atomic E-state index is 12.1. The maximum absolute atomic E-state index is 12.1. The molecule has 0 saturated carbocycles. The van der Waals surface area contributed by atoms with Crippen molar-refractivity contribution in [3.63, 3.8) is 0 Å². The van der Waals surface area contributed by atoms with Crippen LogP contribution in [0.1, 0.15) is 11.1 Å². The molecule has 0 atom stereocenters. The van der Waals surface area contributed by atoms with Crippen molar-refractivity contribution in [3.05, 3.63) is 180 Å². The molecule has 0 saturated heterocycles. The molecule has 8 rings (SSSR count). The highest BCUT2D eigenvalue weighted by Gasteiger charge is 2.21. The Morgan fingerprint density at radius 1 is 0.463 bits per heavy atom. The molecule has 6 nitrogen and oxygen atoms in total. The van der Waals surface area contributed by atoms with Crippen LogP contribution in [0, 0.1) is 48.8 Å². The number of benzene rings is 4. The number of rotatable bonds is 4. The lowest BCUT2D eigenvalue weighted by atomic mass is 10.1. The predicted octanol–water partition coefficient (Wildman–Crippen LogP) is 10.8. The first-order valence-electron chi connectivity index (χ1n) is 16.3. The topological polar surface area (TPSA) is 76.1 Å². The van der Waals surface area contributed by atoms with E-state index in [-0.39, 0.29) is 0 Å². The van der Waals surface area contributed by atoms with Gasteiger partial charge in [0.1, 0.15) is 11.5 Å². The van der Waals surface area contributed by atoms with Crippen LogP contribution in [0.2, 0.25) is 0 Å².